The summed E-state index contributed by atoms with van der Waals surface area (Å²) in [6.07, 6.45) is 4.06. The summed E-state index contributed by atoms with van der Waals surface area (Å²) in [7, 11) is 0. The van der Waals surface area contributed by atoms with E-state index in [1.165, 1.54) is 10.7 Å². The molecule has 1 fully saturated rings. The Kier molecular flexibility index (Phi) is 5.99. The molecule has 0 N–H and O–H groups in total. The number of halogens is 1. The summed E-state index contributed by atoms with van der Waals surface area (Å²) in [6.45, 7) is 2.91. The number of carbonyl (C=O) groups excluding carboxylic acids is 1. The first kappa shape index (κ1) is 20.3. The molecule has 1 atom stereocenters. The van der Waals surface area contributed by atoms with E-state index in [1.54, 1.807) is 24.1 Å². The van der Waals surface area contributed by atoms with Gasteiger partial charge in [0.2, 0.25) is 5.91 Å². The molecule has 0 radical (unpaired) electrons. The third-order valence-corrected chi connectivity index (χ3v) is 5.67. The molecular formula is C22H23ClN4O3. The average molecular weight is 427 g/mol. The highest BCUT2D eigenvalue weighted by Gasteiger charge is 2.28. The Morgan fingerprint density at radius 2 is 2.10 bits per heavy atom. The number of aryl methyl sites for hydroxylation is 1. The molecule has 1 saturated heterocycles. The number of hydrogen-bond donors (Lipinski definition) is 0. The molecule has 7 nitrogen and oxygen atoms in total. The number of hydrogen-bond acceptors (Lipinski definition) is 5. The van der Waals surface area contributed by atoms with Crippen LogP contribution in [0.4, 0.5) is 0 Å². The Labute approximate surface area is 179 Å². The minimum Gasteiger partial charge on any atom is -0.445 e. The molecule has 0 bridgehead atoms. The zero-order valence-corrected chi connectivity index (χ0v) is 17.5. The molecular weight excluding hydrogens is 404 g/mol. The summed E-state index contributed by atoms with van der Waals surface area (Å²) in [6, 6.07) is 10.7. The fourth-order valence-corrected chi connectivity index (χ4v) is 3.92. The molecule has 1 aliphatic heterocycles. The molecule has 8 heteroatoms. The van der Waals surface area contributed by atoms with Crippen molar-refractivity contribution in [2.75, 3.05) is 13.1 Å². The van der Waals surface area contributed by atoms with E-state index in [9.17, 15) is 9.59 Å². The van der Waals surface area contributed by atoms with Gasteiger partial charge in [-0.3, -0.25) is 9.59 Å². The summed E-state index contributed by atoms with van der Waals surface area (Å²) < 4.78 is 7.20. The first-order chi connectivity index (χ1) is 14.5. The first-order valence-electron chi connectivity index (χ1n) is 10.00. The van der Waals surface area contributed by atoms with Crippen molar-refractivity contribution in [1.29, 1.82) is 0 Å². The minimum atomic E-state index is -0.278. The van der Waals surface area contributed by atoms with Gasteiger partial charge in [0.05, 0.1) is 17.8 Å². The van der Waals surface area contributed by atoms with E-state index in [-0.39, 0.29) is 23.9 Å². The average Bonchev–Trinajstić information content (AvgIpc) is 3.21. The van der Waals surface area contributed by atoms with Gasteiger partial charge in [-0.25, -0.2) is 9.67 Å². The Hall–Kier alpha value is -2.93. The van der Waals surface area contributed by atoms with Crippen molar-refractivity contribution in [2.24, 2.45) is 0 Å². The van der Waals surface area contributed by atoms with Crippen LogP contribution in [0.3, 0.4) is 0 Å². The van der Waals surface area contributed by atoms with Gasteiger partial charge in [0.1, 0.15) is 12.3 Å². The zero-order valence-electron chi connectivity index (χ0n) is 16.8. The maximum absolute atomic E-state index is 12.8. The fraction of sp³-hybridized carbons (Fsp3) is 0.364. The van der Waals surface area contributed by atoms with Crippen LogP contribution >= 0.6 is 11.6 Å². The van der Waals surface area contributed by atoms with E-state index in [2.05, 4.69) is 10.1 Å². The Balaban J connectivity index is 1.42. The van der Waals surface area contributed by atoms with Gasteiger partial charge in [0.25, 0.3) is 5.56 Å². The smallest absolute Gasteiger partial charge is 0.267 e. The van der Waals surface area contributed by atoms with Gasteiger partial charge >= 0.3 is 0 Å². The summed E-state index contributed by atoms with van der Waals surface area (Å²) >= 11 is 6.24. The second-order valence-electron chi connectivity index (χ2n) is 7.58. The number of piperidine rings is 1. The highest BCUT2D eigenvalue weighted by molar-refractivity contribution is 6.31. The van der Waals surface area contributed by atoms with E-state index in [4.69, 9.17) is 16.0 Å². The molecule has 4 rings (SSSR count). The summed E-state index contributed by atoms with van der Waals surface area (Å²) in [5, 5.41) is 4.85. The normalized spacial score (nSPS) is 16.6. The zero-order chi connectivity index (χ0) is 21.1. The van der Waals surface area contributed by atoms with Crippen LogP contribution in [0, 0.1) is 6.92 Å². The lowest BCUT2D eigenvalue weighted by molar-refractivity contribution is -0.133. The number of rotatable bonds is 5. The molecule has 1 aromatic carbocycles. The highest BCUT2D eigenvalue weighted by atomic mass is 35.5. The van der Waals surface area contributed by atoms with Crippen LogP contribution in [-0.2, 0) is 17.8 Å². The summed E-state index contributed by atoms with van der Waals surface area (Å²) in [5.74, 6) is 1.30. The Bertz CT molecular complexity index is 1110. The van der Waals surface area contributed by atoms with Gasteiger partial charge in [-0.15, -0.1) is 0 Å². The summed E-state index contributed by atoms with van der Waals surface area (Å²) in [5.41, 5.74) is 1.41. The van der Waals surface area contributed by atoms with Crippen molar-refractivity contribution in [2.45, 2.75) is 38.6 Å². The van der Waals surface area contributed by atoms with Gasteiger partial charge < -0.3 is 9.32 Å². The molecule has 3 heterocycles. The predicted octanol–water partition coefficient (Wildman–Crippen LogP) is 3.19. The lowest BCUT2D eigenvalue weighted by atomic mass is 9.98. The molecule has 156 valence electrons. The van der Waals surface area contributed by atoms with Crippen LogP contribution in [0.15, 0.2) is 51.8 Å². The van der Waals surface area contributed by atoms with Gasteiger partial charge in [0, 0.05) is 30.6 Å². The molecule has 1 amide bonds. The molecule has 2 aromatic heterocycles. The fourth-order valence-electron chi connectivity index (χ4n) is 3.72. The number of benzene rings is 1. The van der Waals surface area contributed by atoms with Crippen molar-refractivity contribution in [3.8, 4) is 0 Å². The SMILES string of the molecule is Cc1ccc(=O)n(CC(=O)N2CCCC(c3ncc(Cc4ccccc4Cl)o3)C2)n1. The van der Waals surface area contributed by atoms with Crippen LogP contribution in [0.1, 0.15) is 41.7 Å². The first-order valence-corrected chi connectivity index (χ1v) is 10.4. The second-order valence-corrected chi connectivity index (χ2v) is 7.99. The van der Waals surface area contributed by atoms with Gasteiger partial charge in [-0.2, -0.15) is 5.10 Å². The van der Waals surface area contributed by atoms with Crippen LogP contribution in [-0.4, -0.2) is 38.7 Å². The van der Waals surface area contributed by atoms with E-state index < -0.39 is 0 Å². The molecule has 0 spiro atoms. The Morgan fingerprint density at radius 3 is 2.93 bits per heavy atom. The van der Waals surface area contributed by atoms with Crippen molar-refractivity contribution in [3.05, 3.63) is 80.9 Å². The summed E-state index contributed by atoms with van der Waals surface area (Å²) in [4.78, 5) is 30.9. The van der Waals surface area contributed by atoms with Gasteiger partial charge in [-0.1, -0.05) is 29.8 Å². The van der Waals surface area contributed by atoms with E-state index >= 15 is 0 Å². The predicted molar refractivity (Wildman–Crippen MR) is 113 cm³/mol. The molecule has 0 saturated carbocycles. The highest BCUT2D eigenvalue weighted by Crippen LogP contribution is 2.28. The number of carbonyl (C=O) groups is 1. The van der Waals surface area contributed by atoms with Crippen LogP contribution < -0.4 is 5.56 Å². The molecule has 1 aliphatic rings. The molecule has 3 aromatic rings. The van der Waals surface area contributed by atoms with E-state index in [1.807, 2.05) is 24.3 Å². The minimum absolute atomic E-state index is 0.0323. The standard InChI is InChI=1S/C22H23ClN4O3/c1-15-8-9-20(28)27(25-15)14-21(29)26-10-4-6-17(13-26)22-24-12-18(30-22)11-16-5-2-3-7-19(16)23/h2-3,5,7-9,12,17H,4,6,10-11,13-14H2,1H3. The largest absolute Gasteiger partial charge is 0.445 e. The second kappa shape index (κ2) is 8.83. The number of likely N-dealkylation sites (tertiary alicyclic amines) is 1. The van der Waals surface area contributed by atoms with Crippen molar-refractivity contribution >= 4 is 17.5 Å². The van der Waals surface area contributed by atoms with Gasteiger partial charge in [0.15, 0.2) is 5.89 Å². The number of nitrogens with zero attached hydrogens (tertiary/aromatic N) is 4. The van der Waals surface area contributed by atoms with Crippen molar-refractivity contribution in [3.63, 3.8) is 0 Å². The molecule has 1 unspecified atom stereocenters. The van der Waals surface area contributed by atoms with Crippen molar-refractivity contribution < 1.29 is 9.21 Å². The quantitative estimate of drug-likeness (QED) is 0.625. The van der Waals surface area contributed by atoms with Crippen LogP contribution in [0.25, 0.3) is 0 Å². The van der Waals surface area contributed by atoms with Crippen LogP contribution in [0.5, 0.6) is 0 Å². The number of aromatic nitrogens is 3. The topological polar surface area (TPSA) is 81.2 Å². The lowest BCUT2D eigenvalue weighted by Gasteiger charge is -2.31. The van der Waals surface area contributed by atoms with Gasteiger partial charge in [-0.05, 0) is 37.5 Å². The number of amides is 1. The van der Waals surface area contributed by atoms with Crippen LogP contribution in [0.2, 0.25) is 5.02 Å². The maximum atomic E-state index is 12.8. The van der Waals surface area contributed by atoms with E-state index in [0.717, 1.165) is 24.2 Å². The Morgan fingerprint density at radius 1 is 1.27 bits per heavy atom. The van der Waals surface area contributed by atoms with E-state index in [0.29, 0.717) is 36.1 Å². The number of oxazole rings is 1. The van der Waals surface area contributed by atoms with Crippen molar-refractivity contribution in [1.82, 2.24) is 19.7 Å². The molecule has 0 aliphatic carbocycles. The third kappa shape index (κ3) is 4.62. The third-order valence-electron chi connectivity index (χ3n) is 5.30. The lowest BCUT2D eigenvalue weighted by Crippen LogP contribution is -2.42. The maximum Gasteiger partial charge on any atom is 0.267 e. The monoisotopic (exact) mass is 426 g/mol. The molecule has 30 heavy (non-hydrogen) atoms.